The van der Waals surface area contributed by atoms with E-state index in [1.165, 1.54) is 44.3 Å². The number of fused-ring (bicyclic) bond motifs is 1. The van der Waals surface area contributed by atoms with Crippen LogP contribution in [0.2, 0.25) is 0 Å². The molecular formula is C46H35IrN3-2. The molecule has 3 aromatic heterocycles. The van der Waals surface area contributed by atoms with Gasteiger partial charge in [0.15, 0.2) is 0 Å². The van der Waals surface area contributed by atoms with Gasteiger partial charge in [-0.25, -0.2) is 0 Å². The summed E-state index contributed by atoms with van der Waals surface area (Å²) in [6, 6.07) is 52.7. The van der Waals surface area contributed by atoms with Gasteiger partial charge in [-0.1, -0.05) is 77.9 Å². The van der Waals surface area contributed by atoms with Crippen LogP contribution < -0.4 is 0 Å². The Balaban J connectivity index is 0.000000260. The Bertz CT molecular complexity index is 2350. The van der Waals surface area contributed by atoms with Gasteiger partial charge in [-0.3, -0.25) is 4.98 Å². The first-order valence-electron chi connectivity index (χ1n) is 16.4. The van der Waals surface area contributed by atoms with Crippen molar-refractivity contribution < 1.29 is 20.1 Å². The fourth-order valence-corrected chi connectivity index (χ4v) is 6.09. The number of pyridine rings is 3. The van der Waals surface area contributed by atoms with E-state index >= 15 is 0 Å². The van der Waals surface area contributed by atoms with Crippen LogP contribution in [0.3, 0.4) is 0 Å². The molecule has 0 aliphatic heterocycles. The quantitative estimate of drug-likeness (QED) is 0.162. The van der Waals surface area contributed by atoms with Crippen LogP contribution in [0.25, 0.3) is 66.7 Å². The van der Waals surface area contributed by atoms with Crippen LogP contribution in [-0.2, 0) is 20.1 Å². The third-order valence-corrected chi connectivity index (χ3v) is 8.55. The molecule has 3 heterocycles. The number of rotatable bonds is 5. The van der Waals surface area contributed by atoms with Gasteiger partial charge in [0.05, 0.1) is 0 Å². The Morgan fingerprint density at radius 3 is 1.96 bits per heavy atom. The molecule has 3 nitrogen and oxygen atoms in total. The van der Waals surface area contributed by atoms with E-state index in [-0.39, 0.29) is 20.1 Å². The molecule has 50 heavy (non-hydrogen) atoms. The van der Waals surface area contributed by atoms with Crippen LogP contribution in [0.1, 0.15) is 16.7 Å². The molecule has 0 fully saturated rings. The zero-order chi connectivity index (χ0) is 33.6. The van der Waals surface area contributed by atoms with Crippen molar-refractivity contribution in [1.29, 1.82) is 0 Å². The SMILES string of the molecule is Cc1ccc(-c2cc(C)cc(-c3ccc(-c4cc[c-]c(-c5ccccn5)c4)c4cnccc34)c2)cc1.Cc1ccnc(-c2[c-]cccc2)c1.[Ir]. The fraction of sp³-hybridized carbons (Fsp3) is 0.0652. The number of hydrogen-bond donors (Lipinski definition) is 0. The van der Waals surface area contributed by atoms with E-state index < -0.39 is 0 Å². The van der Waals surface area contributed by atoms with E-state index in [1.807, 2.05) is 79.4 Å². The maximum absolute atomic E-state index is 4.50. The zero-order valence-electron chi connectivity index (χ0n) is 28.2. The average Bonchev–Trinajstić information content (AvgIpc) is 3.15. The molecule has 1 radical (unpaired) electrons. The standard InChI is InChI=1S/C34H25N2.C12H10N.Ir/c1-23-9-11-25(12-10-23)28-18-24(2)19-29(21-28)31-14-13-30(33-22-35-17-15-32(31)33)26-6-5-7-27(20-26)34-8-3-4-16-36-34;1-10-7-8-13-12(9-10)11-5-3-2-4-6-11;/h3-6,8-22H,1-2H3;2-5,7-9H,1H3;/q2*-1;. The normalized spacial score (nSPS) is 10.5. The zero-order valence-corrected chi connectivity index (χ0v) is 30.6. The Kier molecular flexibility index (Phi) is 10.8. The van der Waals surface area contributed by atoms with Crippen LogP contribution in [0.4, 0.5) is 0 Å². The molecule has 4 heteroatoms. The molecule has 0 aliphatic rings. The molecule has 8 aromatic rings. The van der Waals surface area contributed by atoms with E-state index in [4.69, 9.17) is 0 Å². The van der Waals surface area contributed by atoms with E-state index in [0.29, 0.717) is 0 Å². The Morgan fingerprint density at radius 2 is 1.20 bits per heavy atom. The minimum atomic E-state index is 0. The minimum Gasteiger partial charge on any atom is -0.305 e. The molecule has 0 spiro atoms. The molecule has 0 N–H and O–H groups in total. The minimum absolute atomic E-state index is 0. The molecule has 5 aromatic carbocycles. The first-order chi connectivity index (χ1) is 24.0. The van der Waals surface area contributed by atoms with Gasteiger partial charge < -0.3 is 9.97 Å². The summed E-state index contributed by atoms with van der Waals surface area (Å²) in [4.78, 5) is 13.3. The van der Waals surface area contributed by atoms with Crippen LogP contribution in [0, 0.1) is 32.9 Å². The topological polar surface area (TPSA) is 38.7 Å². The summed E-state index contributed by atoms with van der Waals surface area (Å²) in [5.74, 6) is 0. The molecule has 0 bridgehead atoms. The number of aryl methyl sites for hydroxylation is 3. The molecule has 245 valence electrons. The van der Waals surface area contributed by atoms with Crippen LogP contribution in [0.15, 0.2) is 158 Å². The van der Waals surface area contributed by atoms with Crippen molar-refractivity contribution in [2.75, 3.05) is 0 Å². The van der Waals surface area contributed by atoms with Gasteiger partial charge in [0.2, 0.25) is 0 Å². The maximum Gasteiger partial charge on any atom is 0.0352 e. The van der Waals surface area contributed by atoms with Crippen molar-refractivity contribution in [2.45, 2.75) is 20.8 Å². The predicted molar refractivity (Wildman–Crippen MR) is 203 cm³/mol. The predicted octanol–water partition coefficient (Wildman–Crippen LogP) is 11.6. The molecule has 0 amide bonds. The number of benzene rings is 5. The fourth-order valence-electron chi connectivity index (χ4n) is 6.09. The monoisotopic (exact) mass is 822 g/mol. The Labute approximate surface area is 308 Å². The largest absolute Gasteiger partial charge is 0.305 e. The van der Waals surface area contributed by atoms with Gasteiger partial charge >= 0.3 is 0 Å². The van der Waals surface area contributed by atoms with E-state index in [1.54, 1.807) is 0 Å². The number of aromatic nitrogens is 3. The van der Waals surface area contributed by atoms with Crippen molar-refractivity contribution in [3.05, 3.63) is 187 Å². The molecule has 0 saturated carbocycles. The summed E-state index contributed by atoms with van der Waals surface area (Å²) >= 11 is 0. The summed E-state index contributed by atoms with van der Waals surface area (Å²) in [5.41, 5.74) is 14.8. The molecule has 0 atom stereocenters. The molecular weight excluding hydrogens is 787 g/mol. The van der Waals surface area contributed by atoms with Crippen LogP contribution in [0.5, 0.6) is 0 Å². The molecule has 0 saturated heterocycles. The second-order valence-electron chi connectivity index (χ2n) is 12.2. The van der Waals surface area contributed by atoms with Gasteiger partial charge in [-0.15, -0.1) is 71.3 Å². The van der Waals surface area contributed by atoms with E-state index in [2.05, 4.69) is 127 Å². The Hall–Kier alpha value is -5.54. The van der Waals surface area contributed by atoms with E-state index in [9.17, 15) is 0 Å². The van der Waals surface area contributed by atoms with Crippen molar-refractivity contribution in [3.63, 3.8) is 0 Å². The van der Waals surface area contributed by atoms with Gasteiger partial charge in [-0.05, 0) is 95.2 Å². The summed E-state index contributed by atoms with van der Waals surface area (Å²) in [6.07, 6.45) is 7.49. The third-order valence-electron chi connectivity index (χ3n) is 8.55. The number of hydrogen-bond acceptors (Lipinski definition) is 3. The summed E-state index contributed by atoms with van der Waals surface area (Å²) in [7, 11) is 0. The first kappa shape index (κ1) is 34.3. The average molecular weight is 822 g/mol. The van der Waals surface area contributed by atoms with Gasteiger partial charge in [0.25, 0.3) is 0 Å². The van der Waals surface area contributed by atoms with E-state index in [0.717, 1.165) is 39.0 Å². The summed E-state index contributed by atoms with van der Waals surface area (Å²) < 4.78 is 0. The van der Waals surface area contributed by atoms with Gasteiger partial charge in [0, 0.05) is 50.3 Å². The van der Waals surface area contributed by atoms with Gasteiger partial charge in [-0.2, -0.15) is 0 Å². The third kappa shape index (κ3) is 7.84. The summed E-state index contributed by atoms with van der Waals surface area (Å²) in [5, 5.41) is 2.32. The van der Waals surface area contributed by atoms with Crippen LogP contribution in [-0.4, -0.2) is 15.0 Å². The van der Waals surface area contributed by atoms with Crippen molar-refractivity contribution in [3.8, 4) is 55.9 Å². The molecule has 0 aliphatic carbocycles. The first-order valence-corrected chi connectivity index (χ1v) is 16.4. The van der Waals surface area contributed by atoms with Crippen molar-refractivity contribution in [1.82, 2.24) is 15.0 Å². The number of nitrogens with zero attached hydrogens (tertiary/aromatic N) is 3. The van der Waals surface area contributed by atoms with Crippen molar-refractivity contribution >= 4 is 10.8 Å². The second kappa shape index (κ2) is 15.8. The smallest absolute Gasteiger partial charge is 0.0352 e. The maximum atomic E-state index is 4.50. The van der Waals surface area contributed by atoms with Crippen LogP contribution >= 0.6 is 0 Å². The van der Waals surface area contributed by atoms with Crippen molar-refractivity contribution in [2.24, 2.45) is 0 Å². The molecule has 8 rings (SSSR count). The molecule has 0 unspecified atom stereocenters. The second-order valence-corrected chi connectivity index (χ2v) is 12.2. The summed E-state index contributed by atoms with van der Waals surface area (Å²) in [6.45, 7) is 6.35. The van der Waals surface area contributed by atoms with Gasteiger partial charge in [0.1, 0.15) is 0 Å². The Morgan fingerprint density at radius 1 is 0.440 bits per heavy atom.